The first-order valence-electron chi connectivity index (χ1n) is 6.81. The normalized spacial score (nSPS) is 20.0. The van der Waals surface area contributed by atoms with Crippen LogP contribution in [0.4, 0.5) is 0 Å². The predicted molar refractivity (Wildman–Crippen MR) is 86.2 cm³/mol. The van der Waals surface area contributed by atoms with Gasteiger partial charge in [-0.05, 0) is 11.1 Å². The van der Waals surface area contributed by atoms with Crippen molar-refractivity contribution in [3.8, 4) is 0 Å². The minimum atomic E-state index is -0.760. The van der Waals surface area contributed by atoms with E-state index in [-0.39, 0.29) is 12.1 Å². The van der Waals surface area contributed by atoms with Gasteiger partial charge in [-0.15, -0.1) is 0 Å². The predicted octanol–water partition coefficient (Wildman–Crippen LogP) is 4.20. The van der Waals surface area contributed by atoms with Crippen molar-refractivity contribution in [3.05, 3.63) is 82.9 Å². The largest absolute Gasteiger partial charge is 0.456 e. The van der Waals surface area contributed by atoms with E-state index in [1.807, 2.05) is 60.7 Å². The van der Waals surface area contributed by atoms with E-state index in [1.165, 1.54) is 0 Å². The van der Waals surface area contributed by atoms with E-state index in [2.05, 4.69) is 22.5 Å². The van der Waals surface area contributed by atoms with Crippen molar-refractivity contribution < 1.29 is 9.53 Å². The van der Waals surface area contributed by atoms with Crippen LogP contribution < -0.4 is 0 Å². The van der Waals surface area contributed by atoms with Crippen LogP contribution >= 0.6 is 15.9 Å². The Morgan fingerprint density at radius 3 is 1.90 bits per heavy atom. The highest BCUT2D eigenvalue weighted by Crippen LogP contribution is 2.45. The van der Waals surface area contributed by atoms with Gasteiger partial charge in [0.2, 0.25) is 0 Å². The van der Waals surface area contributed by atoms with Gasteiger partial charge >= 0.3 is 5.97 Å². The van der Waals surface area contributed by atoms with Crippen LogP contribution in [0.1, 0.15) is 17.5 Å². The van der Waals surface area contributed by atoms with Gasteiger partial charge in [-0.2, -0.15) is 0 Å². The highest BCUT2D eigenvalue weighted by Gasteiger charge is 2.52. The maximum atomic E-state index is 12.7. The molecule has 21 heavy (non-hydrogen) atoms. The molecule has 2 aromatic rings. The Labute approximate surface area is 132 Å². The van der Waals surface area contributed by atoms with Gasteiger partial charge in [-0.3, -0.25) is 4.79 Å². The summed E-state index contributed by atoms with van der Waals surface area (Å²) in [5.41, 5.74) is 1.15. The molecule has 1 fully saturated rings. The van der Waals surface area contributed by atoms with Crippen LogP contribution in [0.2, 0.25) is 0 Å². The van der Waals surface area contributed by atoms with E-state index in [4.69, 9.17) is 4.74 Å². The third-order valence-electron chi connectivity index (χ3n) is 3.97. The second kappa shape index (κ2) is 5.49. The molecule has 0 N–H and O–H groups in total. The molecule has 2 nitrogen and oxygen atoms in total. The Hall–Kier alpha value is -1.87. The van der Waals surface area contributed by atoms with Gasteiger partial charge in [0.05, 0.1) is 0 Å². The lowest BCUT2D eigenvalue weighted by molar-refractivity contribution is -0.143. The molecule has 3 heteroatoms. The molecule has 1 aliphatic rings. The van der Waals surface area contributed by atoms with Crippen LogP contribution in [0, 0.1) is 0 Å². The van der Waals surface area contributed by atoms with Crippen molar-refractivity contribution in [1.29, 1.82) is 0 Å². The summed E-state index contributed by atoms with van der Waals surface area (Å²) in [5, 5.41) is 0. The summed E-state index contributed by atoms with van der Waals surface area (Å²) in [6, 6.07) is 19.6. The second-order valence-corrected chi connectivity index (χ2v) is 6.20. The number of esters is 1. The van der Waals surface area contributed by atoms with Crippen molar-refractivity contribution in [1.82, 2.24) is 0 Å². The minimum absolute atomic E-state index is 0.217. The van der Waals surface area contributed by atoms with Crippen molar-refractivity contribution >= 4 is 21.9 Å². The smallest absolute Gasteiger partial charge is 0.321 e. The summed E-state index contributed by atoms with van der Waals surface area (Å²) in [5.74, 6) is -0.217. The first-order valence-corrected chi connectivity index (χ1v) is 7.60. The molecule has 0 amide bonds. The highest BCUT2D eigenvalue weighted by molar-refractivity contribution is 9.11. The van der Waals surface area contributed by atoms with E-state index >= 15 is 0 Å². The molecule has 0 spiro atoms. The molecule has 106 valence electrons. The van der Waals surface area contributed by atoms with Crippen molar-refractivity contribution in [3.63, 3.8) is 0 Å². The molecule has 1 heterocycles. The summed E-state index contributed by atoms with van der Waals surface area (Å²) in [7, 11) is 0. The van der Waals surface area contributed by atoms with Crippen LogP contribution in [0.25, 0.3) is 0 Å². The first-order chi connectivity index (χ1) is 10.1. The molecule has 0 bridgehead atoms. The number of carbonyl (C=O) groups is 1. The summed E-state index contributed by atoms with van der Waals surface area (Å²) in [4.78, 5) is 12.7. The molecule has 1 aliphatic heterocycles. The third-order valence-corrected chi connectivity index (χ3v) is 4.48. The van der Waals surface area contributed by atoms with Gasteiger partial charge in [0.1, 0.15) is 11.5 Å². The van der Waals surface area contributed by atoms with Gasteiger partial charge in [0.25, 0.3) is 0 Å². The van der Waals surface area contributed by atoms with Gasteiger partial charge in [0, 0.05) is 10.9 Å². The summed E-state index contributed by atoms with van der Waals surface area (Å²) in [6.45, 7) is 3.86. The number of halogens is 1. The first kappa shape index (κ1) is 14.1. The SMILES string of the molecule is C=C(Br)C1CC(c2ccccc2)(c2ccccc2)C(=O)O1. The van der Waals surface area contributed by atoms with Gasteiger partial charge in [-0.1, -0.05) is 83.2 Å². The maximum absolute atomic E-state index is 12.7. The highest BCUT2D eigenvalue weighted by atomic mass is 79.9. The quantitative estimate of drug-likeness (QED) is 0.781. The molecule has 1 atom stereocenters. The van der Waals surface area contributed by atoms with E-state index in [0.29, 0.717) is 10.9 Å². The Morgan fingerprint density at radius 2 is 1.52 bits per heavy atom. The minimum Gasteiger partial charge on any atom is -0.456 e. The number of benzene rings is 2. The van der Waals surface area contributed by atoms with Crippen LogP contribution in [-0.2, 0) is 14.9 Å². The number of hydrogen-bond acceptors (Lipinski definition) is 2. The van der Waals surface area contributed by atoms with Crippen molar-refractivity contribution in [2.45, 2.75) is 17.9 Å². The number of ether oxygens (including phenoxy) is 1. The molecule has 0 aliphatic carbocycles. The Morgan fingerprint density at radius 1 is 1.05 bits per heavy atom. The van der Waals surface area contributed by atoms with E-state index in [9.17, 15) is 4.79 Å². The van der Waals surface area contributed by atoms with Crippen LogP contribution in [0.15, 0.2) is 71.7 Å². The van der Waals surface area contributed by atoms with Crippen molar-refractivity contribution in [2.75, 3.05) is 0 Å². The molecule has 1 saturated heterocycles. The molecule has 2 aromatic carbocycles. The van der Waals surface area contributed by atoms with Crippen LogP contribution in [-0.4, -0.2) is 12.1 Å². The van der Waals surface area contributed by atoms with E-state index in [0.717, 1.165) is 11.1 Å². The second-order valence-electron chi connectivity index (χ2n) is 5.18. The fourth-order valence-electron chi connectivity index (χ4n) is 2.89. The number of carbonyl (C=O) groups excluding carboxylic acids is 1. The monoisotopic (exact) mass is 342 g/mol. The standard InChI is InChI=1S/C18H15BrO2/c1-13(19)16-12-18(17(20)21-16,14-8-4-2-5-9-14)15-10-6-3-7-11-15/h2-11,16H,1,12H2. The van der Waals surface area contributed by atoms with E-state index < -0.39 is 5.41 Å². The maximum Gasteiger partial charge on any atom is 0.321 e. The van der Waals surface area contributed by atoms with Gasteiger partial charge in [-0.25, -0.2) is 0 Å². The summed E-state index contributed by atoms with van der Waals surface area (Å²) >= 11 is 3.35. The lowest BCUT2D eigenvalue weighted by Gasteiger charge is -2.26. The number of cyclic esters (lactones) is 1. The average Bonchev–Trinajstić information content (AvgIpc) is 2.88. The Bertz CT molecular complexity index is 625. The molecule has 0 saturated carbocycles. The third kappa shape index (κ3) is 2.32. The lowest BCUT2D eigenvalue weighted by Crippen LogP contribution is -2.33. The summed E-state index contributed by atoms with van der Waals surface area (Å²) in [6.07, 6.45) is 0.252. The molecule has 3 rings (SSSR count). The van der Waals surface area contributed by atoms with E-state index in [1.54, 1.807) is 0 Å². The lowest BCUT2D eigenvalue weighted by atomic mass is 9.72. The Balaban J connectivity index is 2.18. The van der Waals surface area contributed by atoms with Crippen LogP contribution in [0.5, 0.6) is 0 Å². The fraction of sp³-hybridized carbons (Fsp3) is 0.167. The zero-order chi connectivity index (χ0) is 14.9. The molecular weight excluding hydrogens is 328 g/mol. The van der Waals surface area contributed by atoms with Crippen LogP contribution in [0.3, 0.4) is 0 Å². The molecular formula is C18H15BrO2. The fourth-order valence-corrected chi connectivity index (χ4v) is 3.15. The summed E-state index contributed by atoms with van der Waals surface area (Å²) < 4.78 is 6.26. The topological polar surface area (TPSA) is 26.3 Å². The average molecular weight is 343 g/mol. The molecule has 1 unspecified atom stereocenters. The Kier molecular flexibility index (Phi) is 3.68. The van der Waals surface area contributed by atoms with Gasteiger partial charge < -0.3 is 4.74 Å². The molecule has 0 radical (unpaired) electrons. The number of rotatable bonds is 3. The zero-order valence-electron chi connectivity index (χ0n) is 11.5. The molecule has 0 aromatic heterocycles. The van der Waals surface area contributed by atoms with Gasteiger partial charge in [0.15, 0.2) is 0 Å². The van der Waals surface area contributed by atoms with Crippen molar-refractivity contribution in [2.24, 2.45) is 0 Å². The zero-order valence-corrected chi connectivity index (χ0v) is 13.0. The number of hydrogen-bond donors (Lipinski definition) is 0.